The van der Waals surface area contributed by atoms with E-state index in [1.807, 2.05) is 12.1 Å². The van der Waals surface area contributed by atoms with Crippen molar-refractivity contribution >= 4 is 61.7 Å². The second-order valence-electron chi connectivity index (χ2n) is 11.5. The summed E-state index contributed by atoms with van der Waals surface area (Å²) in [5, 5.41) is 21.5. The summed E-state index contributed by atoms with van der Waals surface area (Å²) < 4.78 is 54.3. The number of anilines is 2. The first kappa shape index (κ1) is 44.9. The average molecular weight is 863 g/mol. The molecule has 0 spiro atoms. The van der Waals surface area contributed by atoms with E-state index in [4.69, 9.17) is 20.1 Å². The molecule has 4 aromatic carbocycles. The number of hydrogen-bond acceptors (Lipinski definition) is 11. The molecule has 297 valence electrons. The van der Waals surface area contributed by atoms with Crippen molar-refractivity contribution < 1.29 is 54.0 Å². The zero-order chi connectivity index (χ0) is 40.7. The predicted molar refractivity (Wildman–Crippen MR) is 216 cm³/mol. The average Bonchev–Trinajstić information content (AvgIpc) is 3.14. The molecule has 8 N–H and O–H groups in total. The van der Waals surface area contributed by atoms with Gasteiger partial charge in [0.1, 0.15) is 0 Å². The van der Waals surface area contributed by atoms with E-state index in [0.717, 1.165) is 0 Å². The molecule has 2 aromatic heterocycles. The zero-order valence-electron chi connectivity index (χ0n) is 30.5. The summed E-state index contributed by atoms with van der Waals surface area (Å²) in [5.41, 5.74) is 3.86. The van der Waals surface area contributed by atoms with Crippen LogP contribution in [0.4, 0.5) is 23.3 Å². The molecule has 0 saturated heterocycles. The minimum Gasteiger partial charge on any atom is -0.593 e. The minimum absolute atomic E-state index is 0. The van der Waals surface area contributed by atoms with Gasteiger partial charge in [0, 0.05) is 53.1 Å². The molecule has 6 aromatic rings. The third kappa shape index (κ3) is 14.6. The molecule has 0 aliphatic rings. The molecular weight excluding hydrogens is 824 g/mol. The maximum atomic E-state index is 12.4. The van der Waals surface area contributed by atoms with Crippen LogP contribution in [0.1, 0.15) is 29.4 Å². The Labute approximate surface area is 339 Å². The molecule has 6 rings (SSSR count). The fourth-order valence-electron chi connectivity index (χ4n) is 4.28. The van der Waals surface area contributed by atoms with Crippen molar-refractivity contribution in [1.29, 1.82) is 0 Å². The third-order valence-corrected chi connectivity index (χ3v) is 9.65. The number of hydrogen-bond donors (Lipinski definition) is 2. The molecule has 0 aliphatic heterocycles. The number of nitrogens with zero attached hydrogens (tertiary/aromatic N) is 6. The molecule has 0 saturated carbocycles. The summed E-state index contributed by atoms with van der Waals surface area (Å²) in [6, 6.07) is 29.7. The number of aliphatic imine (C=N–C) groups is 2. The Morgan fingerprint density at radius 1 is 0.596 bits per heavy atom. The van der Waals surface area contributed by atoms with Gasteiger partial charge >= 0.3 is 23.0 Å². The maximum Gasteiger partial charge on any atom is 2.00 e. The van der Waals surface area contributed by atoms with E-state index in [1.54, 1.807) is 99.1 Å². The Balaban J connectivity index is 0.000000275. The fourth-order valence-corrected chi connectivity index (χ4v) is 6.19. The summed E-state index contributed by atoms with van der Waals surface area (Å²) in [7, 11) is -7.56. The summed E-state index contributed by atoms with van der Waals surface area (Å²) in [4.78, 5) is 33.7. The van der Waals surface area contributed by atoms with Crippen molar-refractivity contribution in [3.63, 3.8) is 0 Å². The van der Waals surface area contributed by atoms with Crippen LogP contribution in [0, 0.1) is 13.8 Å². The van der Waals surface area contributed by atoms with Gasteiger partial charge in [-0.25, -0.2) is 46.2 Å². The van der Waals surface area contributed by atoms with Crippen molar-refractivity contribution in [3.05, 3.63) is 144 Å². The van der Waals surface area contributed by atoms with Crippen LogP contribution in [0.15, 0.2) is 141 Å². The van der Waals surface area contributed by atoms with E-state index in [2.05, 4.69) is 39.4 Å². The van der Waals surface area contributed by atoms with Crippen molar-refractivity contribution in [2.45, 2.75) is 30.6 Å². The Morgan fingerprint density at radius 2 is 0.930 bits per heavy atom. The maximum absolute atomic E-state index is 12.4. The second-order valence-corrected chi connectivity index (χ2v) is 14.9. The van der Waals surface area contributed by atoms with Gasteiger partial charge in [0.25, 0.3) is 31.5 Å². The van der Waals surface area contributed by atoms with Crippen molar-refractivity contribution in [1.82, 2.24) is 19.9 Å². The van der Waals surface area contributed by atoms with Crippen LogP contribution < -0.4 is 9.44 Å². The van der Waals surface area contributed by atoms with Gasteiger partial charge in [-0.05, 0) is 86.6 Å². The molecule has 0 aliphatic carbocycles. The number of para-hydroxylation sites is 2. The summed E-state index contributed by atoms with van der Waals surface area (Å²) >= 11 is 0. The molecule has 16 nitrogen and oxygen atoms in total. The number of carbonyl (C=O) groups excluding carboxylic acids is 1. The molecule has 0 bridgehead atoms. The fraction of sp³-hybridized carbons (Fsp3) is 0.0789. The Hall–Kier alpha value is -6.53. The Bertz CT molecular complexity index is 2380. The first-order valence-electron chi connectivity index (χ1n) is 16.4. The van der Waals surface area contributed by atoms with Gasteiger partial charge in [-0.3, -0.25) is 9.98 Å². The van der Waals surface area contributed by atoms with Crippen LogP contribution in [0.5, 0.6) is 11.5 Å². The quantitative estimate of drug-likeness (QED) is 0.109. The molecular formula is C38H39CuN8O8S2+5. The summed E-state index contributed by atoms with van der Waals surface area (Å²) in [5.74, 6) is 0.217. The molecule has 19 heteroatoms. The predicted octanol–water partition coefficient (Wildman–Crippen LogP) is 4.80. The van der Waals surface area contributed by atoms with E-state index in [-0.39, 0.29) is 38.8 Å². The van der Waals surface area contributed by atoms with Gasteiger partial charge in [0.15, 0.2) is 0 Å². The monoisotopic (exact) mass is 862 g/mol. The smallest absolute Gasteiger partial charge is 0.593 e. The number of aryl methyl sites for hydroxylation is 2. The normalized spacial score (nSPS) is 11.0. The van der Waals surface area contributed by atoms with Gasteiger partial charge in [-0.15, -0.1) is 0 Å². The minimum atomic E-state index is -3.78. The molecule has 2 heterocycles. The van der Waals surface area contributed by atoms with Crippen LogP contribution >= 0.6 is 0 Å². The second kappa shape index (κ2) is 21.0. The van der Waals surface area contributed by atoms with Crippen LogP contribution in [0.2, 0.25) is 0 Å². The standard InChI is InChI=1S/2C18H16N4O3S.C2H4O2.Cu/c2*1-13-10-11-19-18(21-13)22-26(24,25)16-8-6-15(7-9-16)20-12-14-4-2-3-5-17(14)23;1-2(3)4;/h2*2-12,23H,1H3,(H,19,21,22);1H3,(H,3,4);/q;;;+2/p+3. The number of aromatic nitrogens is 4. The largest absolute Gasteiger partial charge is 2.00 e. The van der Waals surface area contributed by atoms with E-state index in [0.29, 0.717) is 45.4 Å². The van der Waals surface area contributed by atoms with Gasteiger partial charge in [0.05, 0.1) is 39.2 Å². The zero-order valence-corrected chi connectivity index (χ0v) is 33.1. The van der Waals surface area contributed by atoms with Gasteiger partial charge in [0.2, 0.25) is 11.9 Å². The van der Waals surface area contributed by atoms with E-state index < -0.39 is 26.0 Å². The molecule has 0 unspecified atom stereocenters. The number of rotatable bonds is 10. The van der Waals surface area contributed by atoms with Crippen LogP contribution in [0.3, 0.4) is 0 Å². The van der Waals surface area contributed by atoms with Gasteiger partial charge in [-0.1, -0.05) is 24.3 Å². The first-order valence-corrected chi connectivity index (χ1v) is 19.3. The van der Waals surface area contributed by atoms with Crippen molar-refractivity contribution in [3.8, 4) is 11.5 Å². The van der Waals surface area contributed by atoms with Crippen LogP contribution in [0.25, 0.3) is 0 Å². The third-order valence-electron chi connectivity index (χ3n) is 6.96. The first-order chi connectivity index (χ1) is 26.6. The number of nitrogens with one attached hydrogen (secondary N) is 2. The Morgan fingerprint density at radius 3 is 1.25 bits per heavy atom. The molecule has 1 radical (unpaired) electrons. The molecule has 0 fully saturated rings. The van der Waals surface area contributed by atoms with E-state index in [1.165, 1.54) is 43.6 Å². The molecule has 0 atom stereocenters. The van der Waals surface area contributed by atoms with Gasteiger partial charge < -0.3 is 15.3 Å². The van der Waals surface area contributed by atoms with Crippen molar-refractivity contribution in [2.75, 3.05) is 9.44 Å². The van der Waals surface area contributed by atoms with Crippen LogP contribution in [-0.4, -0.2) is 70.5 Å². The number of benzene rings is 4. The number of sulfonamides is 2. The van der Waals surface area contributed by atoms with Crippen LogP contribution in [-0.2, 0) is 41.9 Å². The van der Waals surface area contributed by atoms with Crippen molar-refractivity contribution in [2.24, 2.45) is 9.98 Å². The van der Waals surface area contributed by atoms with Gasteiger partial charge in [-0.2, -0.15) is 0 Å². The summed E-state index contributed by atoms with van der Waals surface area (Å²) in [6.45, 7) is 4.70. The topological polar surface area (TPSA) is 254 Å². The Kier molecular flexibility index (Phi) is 16.5. The molecule has 0 amide bonds. The summed E-state index contributed by atoms with van der Waals surface area (Å²) in [6.07, 6.45) is 6.12. The number of carbonyl (C=O) groups is 1. The SMILES string of the molecule is CC(=O)[OH2+].Cc1ccnc(NS(=O)(=O)c2ccc(N=Cc3ccccc3[OH2+])cc2)n1.Cc1ccnc(NS(=O)(=O)c2ccc(N=Cc3ccccc3[OH2+])cc2)n1.[Cu+2]. The van der Waals surface area contributed by atoms with E-state index >= 15 is 0 Å². The molecule has 57 heavy (non-hydrogen) atoms. The van der Waals surface area contributed by atoms with E-state index in [9.17, 15) is 16.8 Å².